The maximum Gasteiger partial charge on any atom is 0.345 e. The molecule has 0 radical (unpaired) electrons. The first-order valence-electron chi connectivity index (χ1n) is 8.75. The third-order valence-electron chi connectivity index (χ3n) is 4.27. The molecule has 0 amide bonds. The normalized spacial score (nSPS) is 11.3. The Kier molecular flexibility index (Phi) is 5.62. The van der Waals surface area contributed by atoms with E-state index in [1.807, 2.05) is 12.1 Å². The van der Waals surface area contributed by atoms with E-state index in [0.29, 0.717) is 22.0 Å². The van der Waals surface area contributed by atoms with Crippen LogP contribution in [0.25, 0.3) is 27.8 Å². The summed E-state index contributed by atoms with van der Waals surface area (Å²) in [6, 6.07) is 15.0. The van der Waals surface area contributed by atoms with Crippen molar-refractivity contribution in [1.29, 1.82) is 5.26 Å². The average molecular weight is 495 g/mol. The minimum absolute atomic E-state index is 0.0666. The second-order valence-corrected chi connectivity index (χ2v) is 8.06. The van der Waals surface area contributed by atoms with Gasteiger partial charge in [-0.2, -0.15) is 5.26 Å². The number of anilines is 1. The van der Waals surface area contributed by atoms with E-state index in [4.69, 9.17) is 4.42 Å². The van der Waals surface area contributed by atoms with Crippen LogP contribution in [0.2, 0.25) is 0 Å². The summed E-state index contributed by atoms with van der Waals surface area (Å²) in [5.74, 6) is 0. The largest absolute Gasteiger partial charge is 0.422 e. The van der Waals surface area contributed by atoms with E-state index in [2.05, 4.69) is 26.2 Å². The molecule has 0 atom stereocenters. The van der Waals surface area contributed by atoms with Gasteiger partial charge in [0, 0.05) is 39.3 Å². The molecule has 4 rings (SSSR count). The van der Waals surface area contributed by atoms with Gasteiger partial charge in [-0.1, -0.05) is 22.0 Å². The van der Waals surface area contributed by atoms with Crippen LogP contribution in [-0.2, 0) is 0 Å². The fraction of sp³-hybridized carbons (Fsp3) is 0. The fourth-order valence-corrected chi connectivity index (χ4v) is 3.96. The molecule has 31 heavy (non-hydrogen) atoms. The van der Waals surface area contributed by atoms with Crippen LogP contribution in [0.15, 0.2) is 73.8 Å². The molecule has 0 saturated heterocycles. The molecule has 0 spiro atoms. The highest BCUT2D eigenvalue weighted by molar-refractivity contribution is 9.10. The number of halogens is 1. The van der Waals surface area contributed by atoms with Crippen LogP contribution < -0.4 is 10.9 Å². The monoisotopic (exact) mass is 494 g/mol. The van der Waals surface area contributed by atoms with Gasteiger partial charge in [-0.15, -0.1) is 11.3 Å². The van der Waals surface area contributed by atoms with Gasteiger partial charge < -0.3 is 9.73 Å². The van der Waals surface area contributed by atoms with E-state index in [1.165, 1.54) is 29.7 Å². The molecule has 0 aliphatic carbocycles. The predicted molar refractivity (Wildman–Crippen MR) is 122 cm³/mol. The van der Waals surface area contributed by atoms with Crippen LogP contribution in [0.5, 0.6) is 0 Å². The quantitative estimate of drug-likeness (QED) is 0.166. The Morgan fingerprint density at radius 2 is 2.13 bits per heavy atom. The van der Waals surface area contributed by atoms with E-state index >= 15 is 0 Å². The Hall–Kier alpha value is -3.81. The predicted octanol–water partition coefficient (Wildman–Crippen LogP) is 5.56. The first-order chi connectivity index (χ1) is 14.9. The van der Waals surface area contributed by atoms with Gasteiger partial charge in [-0.05, 0) is 30.3 Å². The number of fused-ring (bicyclic) bond motifs is 1. The van der Waals surface area contributed by atoms with Crippen LogP contribution in [0.3, 0.4) is 0 Å². The number of thiazole rings is 1. The number of rotatable bonds is 5. The molecule has 0 aliphatic rings. The maximum absolute atomic E-state index is 12.4. The van der Waals surface area contributed by atoms with Crippen molar-refractivity contribution in [2.24, 2.45) is 0 Å². The van der Waals surface area contributed by atoms with Crippen LogP contribution in [0.1, 0.15) is 5.01 Å². The molecule has 0 unspecified atom stereocenters. The molecule has 0 bridgehead atoms. The SMILES string of the molecule is N#C/C(=C\Nc1cccc([N+](=O)[O-])c1)c1nc(-c2cc3cc(Br)ccc3oc2=O)cs1. The van der Waals surface area contributed by atoms with Crippen molar-refractivity contribution >= 4 is 55.2 Å². The molecule has 152 valence electrons. The molecule has 8 nitrogen and oxygen atoms in total. The number of hydrogen-bond acceptors (Lipinski definition) is 8. The number of nitriles is 1. The van der Waals surface area contributed by atoms with Crippen LogP contribution in [-0.4, -0.2) is 9.91 Å². The van der Waals surface area contributed by atoms with Gasteiger partial charge in [0.2, 0.25) is 0 Å². The van der Waals surface area contributed by atoms with Crippen molar-refractivity contribution in [1.82, 2.24) is 4.98 Å². The standard InChI is InChI=1S/C21H11BrN4O4S/c22-14-4-5-19-12(6-14)7-17(21(27)30-19)18-11-31-20(25-18)13(9-23)10-24-15-2-1-3-16(8-15)26(28)29/h1-8,10-11,24H/b13-10+. The number of aromatic nitrogens is 1. The molecule has 2 heterocycles. The minimum Gasteiger partial charge on any atom is -0.422 e. The average Bonchev–Trinajstić information content (AvgIpc) is 3.24. The summed E-state index contributed by atoms with van der Waals surface area (Å²) in [5, 5.41) is 26.1. The maximum atomic E-state index is 12.4. The van der Waals surface area contributed by atoms with Crippen molar-refractivity contribution in [3.8, 4) is 17.3 Å². The molecule has 4 aromatic rings. The Labute approximate surface area is 187 Å². The lowest BCUT2D eigenvalue weighted by atomic mass is 10.1. The Morgan fingerprint density at radius 1 is 1.29 bits per heavy atom. The van der Waals surface area contributed by atoms with E-state index < -0.39 is 10.5 Å². The second-order valence-electron chi connectivity index (χ2n) is 6.29. The van der Waals surface area contributed by atoms with Gasteiger partial charge in [0.25, 0.3) is 5.69 Å². The van der Waals surface area contributed by atoms with Gasteiger partial charge in [-0.25, -0.2) is 9.78 Å². The molecule has 2 aromatic carbocycles. The van der Waals surface area contributed by atoms with Crippen LogP contribution >= 0.6 is 27.3 Å². The zero-order valence-corrected chi connectivity index (χ0v) is 17.9. The van der Waals surface area contributed by atoms with Crippen LogP contribution in [0, 0.1) is 21.4 Å². The molecular formula is C21H11BrN4O4S. The number of nitro benzene ring substituents is 1. The number of benzene rings is 2. The highest BCUT2D eigenvalue weighted by atomic mass is 79.9. The number of nitrogens with zero attached hydrogens (tertiary/aromatic N) is 3. The van der Waals surface area contributed by atoms with Gasteiger partial charge >= 0.3 is 5.63 Å². The molecule has 2 aromatic heterocycles. The summed E-state index contributed by atoms with van der Waals surface area (Å²) in [4.78, 5) is 27.2. The third kappa shape index (κ3) is 4.37. The lowest BCUT2D eigenvalue weighted by Gasteiger charge is -2.01. The van der Waals surface area contributed by atoms with Crippen molar-refractivity contribution in [2.75, 3.05) is 5.32 Å². The van der Waals surface area contributed by atoms with Gasteiger partial charge in [0.15, 0.2) is 0 Å². The molecular weight excluding hydrogens is 484 g/mol. The van der Waals surface area contributed by atoms with Crippen molar-refractivity contribution in [2.45, 2.75) is 0 Å². The smallest absolute Gasteiger partial charge is 0.345 e. The fourth-order valence-electron chi connectivity index (χ4n) is 2.80. The summed E-state index contributed by atoms with van der Waals surface area (Å²) in [5.41, 5.74) is 1.23. The number of hydrogen-bond donors (Lipinski definition) is 1. The molecule has 0 aliphatic heterocycles. The molecule has 0 fully saturated rings. The number of nitro groups is 1. The van der Waals surface area contributed by atoms with E-state index in [-0.39, 0.29) is 16.8 Å². The summed E-state index contributed by atoms with van der Waals surface area (Å²) in [7, 11) is 0. The third-order valence-corrected chi connectivity index (χ3v) is 5.63. The molecule has 10 heteroatoms. The Morgan fingerprint density at radius 3 is 2.90 bits per heavy atom. The summed E-state index contributed by atoms with van der Waals surface area (Å²) in [6.45, 7) is 0. The summed E-state index contributed by atoms with van der Waals surface area (Å²) >= 11 is 4.59. The Bertz CT molecular complexity index is 1450. The zero-order chi connectivity index (χ0) is 22.0. The molecule has 0 saturated carbocycles. The van der Waals surface area contributed by atoms with Gasteiger partial charge in [0.1, 0.15) is 22.2 Å². The van der Waals surface area contributed by atoms with Gasteiger partial charge in [0.05, 0.1) is 16.2 Å². The minimum atomic E-state index is -0.524. The first-order valence-corrected chi connectivity index (χ1v) is 10.4. The lowest BCUT2D eigenvalue weighted by Crippen LogP contribution is -2.03. The zero-order valence-electron chi connectivity index (χ0n) is 15.5. The Balaban J connectivity index is 1.65. The van der Waals surface area contributed by atoms with Gasteiger partial charge in [-0.3, -0.25) is 10.1 Å². The van der Waals surface area contributed by atoms with E-state index in [9.17, 15) is 20.2 Å². The first kappa shape index (κ1) is 20.5. The number of nitrogens with one attached hydrogen (secondary N) is 1. The van der Waals surface area contributed by atoms with Crippen molar-refractivity contribution in [3.05, 3.63) is 90.1 Å². The second kappa shape index (κ2) is 8.51. The number of non-ortho nitro benzene ring substituents is 1. The highest BCUT2D eigenvalue weighted by Crippen LogP contribution is 2.27. The summed E-state index contributed by atoms with van der Waals surface area (Å²) < 4.78 is 6.22. The highest BCUT2D eigenvalue weighted by Gasteiger charge is 2.14. The topological polar surface area (TPSA) is 122 Å². The summed E-state index contributed by atoms with van der Waals surface area (Å²) in [6.07, 6.45) is 1.42. The van der Waals surface area contributed by atoms with E-state index in [1.54, 1.807) is 35.7 Å². The van der Waals surface area contributed by atoms with Crippen LogP contribution in [0.4, 0.5) is 11.4 Å². The molecule has 1 N–H and O–H groups in total. The lowest BCUT2D eigenvalue weighted by molar-refractivity contribution is -0.384. The van der Waals surface area contributed by atoms with E-state index in [0.717, 1.165) is 9.86 Å². The van der Waals surface area contributed by atoms with Crippen molar-refractivity contribution in [3.63, 3.8) is 0 Å². The number of allylic oxidation sites excluding steroid dienone is 1. The van der Waals surface area contributed by atoms with Crippen molar-refractivity contribution < 1.29 is 9.34 Å².